The van der Waals surface area contributed by atoms with Gasteiger partial charge < -0.3 is 0 Å². The second kappa shape index (κ2) is 4.44. The van der Waals surface area contributed by atoms with Crippen LogP contribution < -0.4 is 0 Å². The fourth-order valence-electron chi connectivity index (χ4n) is 2.30. The SMILES string of the molecule is CC1(C(=O)Cc2nccs2)CCCCC1. The predicted molar refractivity (Wildman–Crippen MR) is 62.0 cm³/mol. The Morgan fingerprint density at radius 2 is 2.20 bits per heavy atom. The molecule has 1 aliphatic carbocycles. The van der Waals surface area contributed by atoms with Gasteiger partial charge in [-0.05, 0) is 12.8 Å². The number of aromatic nitrogens is 1. The van der Waals surface area contributed by atoms with Crippen molar-refractivity contribution in [2.24, 2.45) is 5.41 Å². The molecule has 1 aliphatic rings. The number of hydrogen-bond donors (Lipinski definition) is 0. The van der Waals surface area contributed by atoms with E-state index in [9.17, 15) is 4.79 Å². The van der Waals surface area contributed by atoms with Gasteiger partial charge in [-0.25, -0.2) is 4.98 Å². The Morgan fingerprint density at radius 1 is 1.47 bits per heavy atom. The van der Waals surface area contributed by atoms with Crippen LogP contribution in [0.5, 0.6) is 0 Å². The van der Waals surface area contributed by atoms with Crippen molar-refractivity contribution in [2.45, 2.75) is 45.4 Å². The smallest absolute Gasteiger partial charge is 0.145 e. The Morgan fingerprint density at radius 3 is 2.80 bits per heavy atom. The van der Waals surface area contributed by atoms with Crippen LogP contribution in [0.1, 0.15) is 44.0 Å². The monoisotopic (exact) mass is 223 g/mol. The van der Waals surface area contributed by atoms with Gasteiger partial charge in [0, 0.05) is 17.0 Å². The molecule has 1 saturated carbocycles. The summed E-state index contributed by atoms with van der Waals surface area (Å²) in [7, 11) is 0. The number of carbonyl (C=O) groups excluding carboxylic acids is 1. The van der Waals surface area contributed by atoms with E-state index in [2.05, 4.69) is 11.9 Å². The molecule has 0 unspecified atom stereocenters. The van der Waals surface area contributed by atoms with E-state index >= 15 is 0 Å². The van der Waals surface area contributed by atoms with Gasteiger partial charge in [0.25, 0.3) is 0 Å². The minimum absolute atomic E-state index is 0.0656. The molecule has 0 spiro atoms. The largest absolute Gasteiger partial charge is 0.299 e. The zero-order valence-corrected chi connectivity index (χ0v) is 9.98. The van der Waals surface area contributed by atoms with E-state index in [1.54, 1.807) is 17.5 Å². The average molecular weight is 223 g/mol. The van der Waals surface area contributed by atoms with E-state index in [1.807, 2.05) is 5.38 Å². The highest BCUT2D eigenvalue weighted by Gasteiger charge is 2.34. The fourth-order valence-corrected chi connectivity index (χ4v) is 2.92. The fraction of sp³-hybridized carbons (Fsp3) is 0.667. The molecule has 1 heterocycles. The van der Waals surface area contributed by atoms with Crippen LogP contribution in [0.3, 0.4) is 0 Å². The first kappa shape index (κ1) is 10.8. The third-order valence-corrected chi connectivity index (χ3v) is 4.21. The Kier molecular flexibility index (Phi) is 3.19. The first-order valence-electron chi connectivity index (χ1n) is 5.62. The van der Waals surface area contributed by atoms with Crippen molar-refractivity contribution >= 4 is 17.1 Å². The molecule has 0 amide bonds. The van der Waals surface area contributed by atoms with E-state index < -0.39 is 0 Å². The lowest BCUT2D eigenvalue weighted by Crippen LogP contribution is -2.31. The number of Topliss-reactive ketones (excluding diaryl/α,β-unsaturated/α-hetero) is 1. The summed E-state index contributed by atoms with van der Waals surface area (Å²) in [4.78, 5) is 16.3. The maximum atomic E-state index is 12.2. The van der Waals surface area contributed by atoms with Gasteiger partial charge in [-0.1, -0.05) is 26.2 Å². The van der Waals surface area contributed by atoms with Crippen molar-refractivity contribution < 1.29 is 4.79 Å². The summed E-state index contributed by atoms with van der Waals surface area (Å²) in [6.07, 6.45) is 8.15. The molecule has 82 valence electrons. The maximum absolute atomic E-state index is 12.2. The van der Waals surface area contributed by atoms with Crippen LogP contribution in [-0.2, 0) is 11.2 Å². The van der Waals surface area contributed by atoms with Gasteiger partial charge in [-0.15, -0.1) is 11.3 Å². The molecule has 2 rings (SSSR count). The summed E-state index contributed by atoms with van der Waals surface area (Å²) in [6.45, 7) is 2.13. The number of hydrogen-bond acceptors (Lipinski definition) is 3. The molecule has 0 radical (unpaired) electrons. The summed E-state index contributed by atoms with van der Waals surface area (Å²) in [5, 5.41) is 2.90. The van der Waals surface area contributed by atoms with Crippen LogP contribution in [0.4, 0.5) is 0 Å². The summed E-state index contributed by atoms with van der Waals surface area (Å²) in [6, 6.07) is 0. The second-order valence-electron chi connectivity index (χ2n) is 4.65. The van der Waals surface area contributed by atoms with Gasteiger partial charge in [0.15, 0.2) is 0 Å². The number of carbonyl (C=O) groups is 1. The summed E-state index contributed by atoms with van der Waals surface area (Å²) < 4.78 is 0. The van der Waals surface area contributed by atoms with E-state index in [0.717, 1.165) is 17.8 Å². The molecule has 3 heteroatoms. The molecular weight excluding hydrogens is 206 g/mol. The van der Waals surface area contributed by atoms with Crippen LogP contribution in [0.2, 0.25) is 0 Å². The molecule has 0 atom stereocenters. The molecule has 0 N–H and O–H groups in total. The standard InChI is InChI=1S/C12H17NOS/c1-12(5-3-2-4-6-12)10(14)9-11-13-7-8-15-11/h7-8H,2-6,9H2,1H3. The van der Waals surface area contributed by atoms with Gasteiger partial charge in [-0.3, -0.25) is 4.79 Å². The Labute approximate surface area is 94.7 Å². The lowest BCUT2D eigenvalue weighted by molar-refractivity contribution is -0.128. The molecule has 1 aromatic rings. The Hall–Kier alpha value is -0.700. The predicted octanol–water partition coefficient (Wildman–Crippen LogP) is 3.23. The molecule has 0 aromatic carbocycles. The van der Waals surface area contributed by atoms with Gasteiger partial charge >= 0.3 is 0 Å². The lowest BCUT2D eigenvalue weighted by atomic mass is 9.72. The first-order valence-corrected chi connectivity index (χ1v) is 6.50. The quantitative estimate of drug-likeness (QED) is 0.787. The van der Waals surface area contributed by atoms with E-state index in [0.29, 0.717) is 12.2 Å². The van der Waals surface area contributed by atoms with Crippen molar-refractivity contribution in [2.75, 3.05) is 0 Å². The average Bonchev–Trinajstić information content (AvgIpc) is 2.71. The molecule has 1 aromatic heterocycles. The first-order chi connectivity index (χ1) is 7.21. The zero-order valence-electron chi connectivity index (χ0n) is 9.16. The van der Waals surface area contributed by atoms with Gasteiger partial charge in [-0.2, -0.15) is 0 Å². The van der Waals surface area contributed by atoms with Crippen LogP contribution >= 0.6 is 11.3 Å². The minimum Gasteiger partial charge on any atom is -0.299 e. The van der Waals surface area contributed by atoms with E-state index in [4.69, 9.17) is 0 Å². The normalized spacial score (nSPS) is 20.1. The van der Waals surface area contributed by atoms with Gasteiger partial charge in [0.2, 0.25) is 0 Å². The van der Waals surface area contributed by atoms with Crippen LogP contribution in [0, 0.1) is 5.41 Å². The Balaban J connectivity index is 2.00. The molecule has 1 fully saturated rings. The van der Waals surface area contributed by atoms with Crippen LogP contribution in [0.25, 0.3) is 0 Å². The third kappa shape index (κ3) is 2.46. The third-order valence-electron chi connectivity index (χ3n) is 3.43. The van der Waals surface area contributed by atoms with Crippen LogP contribution in [-0.4, -0.2) is 10.8 Å². The molecule has 2 nitrogen and oxygen atoms in total. The number of rotatable bonds is 3. The Bertz CT molecular complexity index is 325. The topological polar surface area (TPSA) is 30.0 Å². The second-order valence-corrected chi connectivity index (χ2v) is 5.63. The minimum atomic E-state index is -0.0656. The summed E-state index contributed by atoms with van der Waals surface area (Å²) in [5.41, 5.74) is -0.0656. The summed E-state index contributed by atoms with van der Waals surface area (Å²) in [5.74, 6) is 0.386. The molecule has 0 bridgehead atoms. The zero-order chi connectivity index (χ0) is 10.7. The van der Waals surface area contributed by atoms with Gasteiger partial charge in [0.1, 0.15) is 5.78 Å². The van der Waals surface area contributed by atoms with Crippen molar-refractivity contribution in [3.05, 3.63) is 16.6 Å². The number of thiazole rings is 1. The summed E-state index contributed by atoms with van der Waals surface area (Å²) >= 11 is 1.58. The molecule has 0 saturated heterocycles. The number of nitrogens with zero attached hydrogens (tertiary/aromatic N) is 1. The van der Waals surface area contributed by atoms with Crippen molar-refractivity contribution in [3.63, 3.8) is 0 Å². The van der Waals surface area contributed by atoms with E-state index in [1.165, 1.54) is 19.3 Å². The van der Waals surface area contributed by atoms with Crippen LogP contribution in [0.15, 0.2) is 11.6 Å². The van der Waals surface area contributed by atoms with Crippen molar-refractivity contribution in [3.8, 4) is 0 Å². The number of ketones is 1. The molecule has 15 heavy (non-hydrogen) atoms. The molecule has 0 aliphatic heterocycles. The van der Waals surface area contributed by atoms with Crippen molar-refractivity contribution in [1.82, 2.24) is 4.98 Å². The van der Waals surface area contributed by atoms with E-state index in [-0.39, 0.29) is 5.41 Å². The van der Waals surface area contributed by atoms with Gasteiger partial charge in [0.05, 0.1) is 11.4 Å². The lowest BCUT2D eigenvalue weighted by Gasteiger charge is -2.31. The van der Waals surface area contributed by atoms with Crippen molar-refractivity contribution in [1.29, 1.82) is 0 Å². The highest BCUT2D eigenvalue weighted by molar-refractivity contribution is 7.09. The maximum Gasteiger partial charge on any atom is 0.145 e. The highest BCUT2D eigenvalue weighted by Crippen LogP contribution is 2.37. The highest BCUT2D eigenvalue weighted by atomic mass is 32.1. The molecular formula is C12H17NOS.